The van der Waals surface area contributed by atoms with Gasteiger partial charge in [0, 0.05) is 37.6 Å². The maximum Gasteiger partial charge on any atom is 0.434 e. The minimum absolute atomic E-state index is 0. The lowest BCUT2D eigenvalue weighted by Crippen LogP contribution is -2.36. The smallest absolute Gasteiger partial charge is 0.352 e. The summed E-state index contributed by atoms with van der Waals surface area (Å²) in [7, 11) is 1.58. The van der Waals surface area contributed by atoms with Crippen LogP contribution >= 0.6 is 35.3 Å². The minimum atomic E-state index is -4.43. The van der Waals surface area contributed by atoms with Gasteiger partial charge in [-0.1, -0.05) is 12.1 Å². The van der Waals surface area contributed by atoms with Crippen molar-refractivity contribution in [1.29, 1.82) is 0 Å². The molecule has 6 nitrogen and oxygen atoms in total. The molecule has 1 aromatic heterocycles. The molecule has 3 rings (SSSR count). The predicted molar refractivity (Wildman–Crippen MR) is 118 cm³/mol. The number of carbonyl (C=O) groups excluding carboxylic acids is 1. The lowest BCUT2D eigenvalue weighted by Gasteiger charge is -2.16. The monoisotopic (exact) mass is 539 g/mol. The zero-order valence-electron chi connectivity index (χ0n) is 15.6. The van der Waals surface area contributed by atoms with Gasteiger partial charge in [-0.3, -0.25) is 9.79 Å². The molecule has 158 valence electrons. The highest BCUT2D eigenvalue weighted by Gasteiger charge is 2.33. The fourth-order valence-electron chi connectivity index (χ4n) is 2.80. The topological polar surface area (TPSA) is 69.6 Å². The van der Waals surface area contributed by atoms with Crippen LogP contribution in [0.3, 0.4) is 0 Å². The summed E-state index contributed by atoms with van der Waals surface area (Å²) < 4.78 is 37.8. The molecule has 29 heavy (non-hydrogen) atoms. The summed E-state index contributed by atoms with van der Waals surface area (Å²) in [5.41, 5.74) is 0.999. The summed E-state index contributed by atoms with van der Waals surface area (Å²) in [6, 6.07) is 7.67. The average Bonchev–Trinajstić information content (AvgIpc) is 3.31. The van der Waals surface area contributed by atoms with Crippen LogP contribution < -0.4 is 15.5 Å². The van der Waals surface area contributed by atoms with E-state index in [1.165, 1.54) is 0 Å². The quantitative estimate of drug-likeness (QED) is 0.345. The van der Waals surface area contributed by atoms with E-state index in [0.717, 1.165) is 40.9 Å². The van der Waals surface area contributed by atoms with Crippen molar-refractivity contribution in [2.75, 3.05) is 18.5 Å². The Morgan fingerprint density at radius 3 is 2.48 bits per heavy atom. The van der Waals surface area contributed by atoms with Gasteiger partial charge in [-0.05, 0) is 24.1 Å². The van der Waals surface area contributed by atoms with E-state index in [0.29, 0.717) is 23.9 Å². The Morgan fingerprint density at radius 1 is 1.24 bits per heavy atom. The fraction of sp³-hybridized carbons (Fsp3) is 0.389. The van der Waals surface area contributed by atoms with E-state index in [-0.39, 0.29) is 36.4 Å². The molecular formula is C18H21F3IN5OS. The van der Waals surface area contributed by atoms with Crippen molar-refractivity contribution >= 4 is 52.9 Å². The highest BCUT2D eigenvalue weighted by Crippen LogP contribution is 2.29. The lowest BCUT2D eigenvalue weighted by atomic mass is 10.2. The van der Waals surface area contributed by atoms with Gasteiger partial charge in [0.2, 0.25) is 5.91 Å². The number of benzene rings is 1. The van der Waals surface area contributed by atoms with Crippen molar-refractivity contribution in [3.05, 3.63) is 45.9 Å². The molecule has 0 radical (unpaired) electrons. The molecule has 1 saturated heterocycles. The Kier molecular flexibility index (Phi) is 8.25. The number of nitrogens with one attached hydrogen (secondary N) is 2. The molecule has 1 fully saturated rings. The summed E-state index contributed by atoms with van der Waals surface area (Å²) in [6.07, 6.45) is -2.96. The zero-order valence-corrected chi connectivity index (χ0v) is 18.8. The first-order valence-electron chi connectivity index (χ1n) is 8.72. The second-order valence-corrected chi connectivity index (χ2v) is 7.16. The number of nitrogens with zero attached hydrogens (tertiary/aromatic N) is 3. The molecule has 0 spiro atoms. The summed E-state index contributed by atoms with van der Waals surface area (Å²) >= 11 is 0.949. The van der Waals surface area contributed by atoms with Gasteiger partial charge >= 0.3 is 6.18 Å². The van der Waals surface area contributed by atoms with Crippen LogP contribution in [-0.4, -0.2) is 30.4 Å². The lowest BCUT2D eigenvalue weighted by molar-refractivity contribution is -0.140. The van der Waals surface area contributed by atoms with E-state index in [1.54, 1.807) is 11.9 Å². The van der Waals surface area contributed by atoms with Gasteiger partial charge in [0.1, 0.15) is 5.01 Å². The standard InChI is InChI=1S/C18H20F3N5OS.HI/c1-22-17(24-10-15-25-14(11-28-15)18(19,20)21)23-9-12-4-6-13(7-5-12)26-8-2-3-16(26)27;/h4-7,11H,2-3,8-10H2,1H3,(H2,22,23,24);1H. The second kappa shape index (κ2) is 10.2. The van der Waals surface area contributed by atoms with Crippen LogP contribution in [0.2, 0.25) is 0 Å². The number of hydrogen-bond acceptors (Lipinski definition) is 4. The number of carbonyl (C=O) groups is 1. The maximum absolute atomic E-state index is 12.6. The third-order valence-electron chi connectivity index (χ3n) is 4.25. The third-order valence-corrected chi connectivity index (χ3v) is 5.10. The van der Waals surface area contributed by atoms with Crippen LogP contribution in [0, 0.1) is 0 Å². The van der Waals surface area contributed by atoms with Gasteiger partial charge in [0.25, 0.3) is 0 Å². The highest BCUT2D eigenvalue weighted by atomic mass is 127. The average molecular weight is 539 g/mol. The first-order valence-corrected chi connectivity index (χ1v) is 9.60. The van der Waals surface area contributed by atoms with Crippen molar-refractivity contribution < 1.29 is 18.0 Å². The van der Waals surface area contributed by atoms with Crippen LogP contribution in [0.1, 0.15) is 29.1 Å². The molecule has 1 amide bonds. The number of guanidine groups is 1. The molecule has 2 aromatic rings. The molecule has 11 heteroatoms. The first-order chi connectivity index (χ1) is 13.4. The van der Waals surface area contributed by atoms with Gasteiger partial charge in [0.05, 0.1) is 6.54 Å². The fourth-order valence-corrected chi connectivity index (χ4v) is 3.54. The number of rotatable bonds is 5. The van der Waals surface area contributed by atoms with E-state index in [2.05, 4.69) is 20.6 Å². The molecule has 0 unspecified atom stereocenters. The number of thiazole rings is 1. The Morgan fingerprint density at radius 2 is 1.93 bits per heavy atom. The van der Waals surface area contributed by atoms with Gasteiger partial charge in [0.15, 0.2) is 11.7 Å². The number of halogens is 4. The van der Waals surface area contributed by atoms with Crippen molar-refractivity contribution in [3.63, 3.8) is 0 Å². The number of aliphatic imine (C=N–C) groups is 1. The molecular weight excluding hydrogens is 518 g/mol. The Labute approximate surface area is 187 Å². The molecule has 1 aliphatic heterocycles. The summed E-state index contributed by atoms with van der Waals surface area (Å²) in [5, 5.41) is 7.38. The molecule has 0 atom stereocenters. The number of aromatic nitrogens is 1. The van der Waals surface area contributed by atoms with Gasteiger partial charge in [-0.15, -0.1) is 35.3 Å². The molecule has 0 aliphatic carbocycles. The van der Waals surface area contributed by atoms with Gasteiger partial charge in [-0.2, -0.15) is 13.2 Å². The normalized spacial score (nSPS) is 14.7. The molecule has 1 aliphatic rings. The summed E-state index contributed by atoms with van der Waals surface area (Å²) in [5.74, 6) is 0.605. The molecule has 1 aromatic carbocycles. The van der Waals surface area contributed by atoms with Crippen LogP contribution in [0.15, 0.2) is 34.6 Å². The van der Waals surface area contributed by atoms with Crippen molar-refractivity contribution in [2.45, 2.75) is 32.1 Å². The van der Waals surface area contributed by atoms with Crippen molar-refractivity contribution in [1.82, 2.24) is 15.6 Å². The largest absolute Gasteiger partial charge is 0.434 e. The summed E-state index contributed by atoms with van der Waals surface area (Å²) in [6.45, 7) is 1.38. The first kappa shape index (κ1) is 23.4. The minimum Gasteiger partial charge on any atom is -0.352 e. The second-order valence-electron chi connectivity index (χ2n) is 6.22. The SMILES string of the molecule is CN=C(NCc1ccc(N2CCCC2=O)cc1)NCc1nc(C(F)(F)F)cs1.I. The van der Waals surface area contributed by atoms with E-state index in [1.807, 2.05) is 24.3 Å². The summed E-state index contributed by atoms with van der Waals surface area (Å²) in [4.78, 5) is 21.2. The van der Waals surface area contributed by atoms with Crippen LogP contribution in [-0.2, 0) is 24.1 Å². The van der Waals surface area contributed by atoms with Gasteiger partial charge < -0.3 is 15.5 Å². The number of anilines is 1. The molecule has 0 saturated carbocycles. The van der Waals surface area contributed by atoms with Crippen LogP contribution in [0.4, 0.5) is 18.9 Å². The zero-order chi connectivity index (χ0) is 20.1. The molecule has 0 bridgehead atoms. The highest BCUT2D eigenvalue weighted by molar-refractivity contribution is 14.0. The van der Waals surface area contributed by atoms with E-state index in [9.17, 15) is 18.0 Å². The van der Waals surface area contributed by atoms with Gasteiger partial charge in [-0.25, -0.2) is 4.98 Å². The number of alkyl halides is 3. The Bertz CT molecular complexity index is 854. The van der Waals surface area contributed by atoms with Crippen LogP contribution in [0.5, 0.6) is 0 Å². The molecule has 2 N–H and O–H groups in total. The van der Waals surface area contributed by atoms with E-state index >= 15 is 0 Å². The van der Waals surface area contributed by atoms with Crippen molar-refractivity contribution in [2.24, 2.45) is 4.99 Å². The predicted octanol–water partition coefficient (Wildman–Crippen LogP) is 3.77. The van der Waals surface area contributed by atoms with E-state index < -0.39 is 11.9 Å². The van der Waals surface area contributed by atoms with Crippen molar-refractivity contribution in [3.8, 4) is 0 Å². The molecule has 2 heterocycles. The van der Waals surface area contributed by atoms with Crippen LogP contribution in [0.25, 0.3) is 0 Å². The maximum atomic E-state index is 12.6. The number of hydrogen-bond donors (Lipinski definition) is 2. The Hall–Kier alpha value is -1.89. The Balaban J connectivity index is 0.00000300. The number of amides is 1. The third kappa shape index (κ3) is 6.29. The van der Waals surface area contributed by atoms with E-state index in [4.69, 9.17) is 0 Å².